The van der Waals surface area contributed by atoms with Gasteiger partial charge in [-0.1, -0.05) is 139 Å². The maximum atomic E-state index is 13.2. The molecule has 0 aliphatic heterocycles. The molecule has 0 aromatic heterocycles. The van der Waals surface area contributed by atoms with Crippen molar-refractivity contribution < 1.29 is 9.59 Å². The molecular weight excluding hydrogens is 566 g/mol. The van der Waals surface area contributed by atoms with E-state index in [0.717, 1.165) is 81.0 Å². The van der Waals surface area contributed by atoms with E-state index < -0.39 is 0 Å². The van der Waals surface area contributed by atoms with Gasteiger partial charge in [0.1, 0.15) is 0 Å². The minimum Gasteiger partial charge on any atom is -0.351 e. The van der Waals surface area contributed by atoms with E-state index in [1.807, 2.05) is 0 Å². The van der Waals surface area contributed by atoms with Gasteiger partial charge in [0.05, 0.1) is 6.04 Å². The molecule has 252 valence electrons. The lowest BCUT2D eigenvalue weighted by Crippen LogP contribution is -2.54. The van der Waals surface area contributed by atoms with Crippen LogP contribution in [0.25, 0.3) is 0 Å². The average molecular weight is 628 g/mol. The molecule has 2 atom stereocenters. The first kappa shape index (κ1) is 38.6. The van der Waals surface area contributed by atoms with Crippen molar-refractivity contribution >= 4 is 17.6 Å². The Morgan fingerprint density at radius 2 is 1.11 bits per heavy atom. The number of benzene rings is 1. The second-order valence-corrected chi connectivity index (χ2v) is 12.7. The van der Waals surface area contributed by atoms with Gasteiger partial charge >= 0.3 is 6.03 Å². The average Bonchev–Trinajstić information content (AvgIpc) is 3.03. The van der Waals surface area contributed by atoms with Gasteiger partial charge in [-0.2, -0.15) is 0 Å². The number of hydrogen-bond acceptors (Lipinski definition) is 2. The molecule has 1 aliphatic carbocycles. The highest BCUT2D eigenvalue weighted by Gasteiger charge is 2.28. The Morgan fingerprint density at radius 1 is 0.674 bits per heavy atom. The predicted octanol–water partition coefficient (Wildman–Crippen LogP) is 11.0. The van der Waals surface area contributed by atoms with E-state index >= 15 is 0 Å². The van der Waals surface area contributed by atoms with Gasteiger partial charge in [-0.15, -0.1) is 0 Å². The Bertz CT molecular complexity index is 1180. The minimum absolute atomic E-state index is 0.0396. The van der Waals surface area contributed by atoms with Gasteiger partial charge in [0.25, 0.3) is 0 Å². The van der Waals surface area contributed by atoms with E-state index in [1.54, 1.807) is 0 Å². The second-order valence-electron chi connectivity index (χ2n) is 12.7. The van der Waals surface area contributed by atoms with Crippen LogP contribution in [0.2, 0.25) is 0 Å². The van der Waals surface area contributed by atoms with E-state index in [9.17, 15) is 9.59 Å². The van der Waals surface area contributed by atoms with Crippen LogP contribution in [-0.4, -0.2) is 24.0 Å². The van der Waals surface area contributed by atoms with Crippen molar-refractivity contribution in [2.24, 2.45) is 0 Å². The molecule has 1 aliphatic rings. The first-order valence-corrected chi connectivity index (χ1v) is 17.7. The molecule has 3 amide bonds. The molecule has 1 fully saturated rings. The van der Waals surface area contributed by atoms with Crippen LogP contribution in [0.1, 0.15) is 135 Å². The third-order valence-electron chi connectivity index (χ3n) is 8.17. The molecule has 1 saturated carbocycles. The third-order valence-corrected chi connectivity index (χ3v) is 8.17. The lowest BCUT2D eigenvalue weighted by Gasteiger charge is -2.33. The van der Waals surface area contributed by atoms with Crippen LogP contribution in [0.5, 0.6) is 0 Å². The molecule has 5 heteroatoms. The van der Waals surface area contributed by atoms with Crippen molar-refractivity contribution in [3.63, 3.8) is 0 Å². The zero-order chi connectivity index (χ0) is 33.4. The zero-order valence-electron chi connectivity index (χ0n) is 29.3. The Labute approximate surface area is 280 Å². The SMILES string of the molecule is CCC=CCC=CCC=CCC=CCC=CCC=CCCC(=O)NC1CCCCC1NC(=O)Nc1c(C(C)C)cccc1C(C)C. The second kappa shape index (κ2) is 23.7. The first-order chi connectivity index (χ1) is 22.3. The van der Waals surface area contributed by atoms with Crippen LogP contribution in [0.15, 0.2) is 91.1 Å². The molecule has 2 unspecified atom stereocenters. The number of allylic oxidation sites excluding steroid dienone is 12. The van der Waals surface area contributed by atoms with Gasteiger partial charge in [0.2, 0.25) is 5.91 Å². The molecule has 0 saturated heterocycles. The van der Waals surface area contributed by atoms with Gasteiger partial charge in [-0.05, 0) is 80.8 Å². The molecule has 0 bridgehead atoms. The predicted molar refractivity (Wildman–Crippen MR) is 198 cm³/mol. The van der Waals surface area contributed by atoms with Crippen LogP contribution in [0.3, 0.4) is 0 Å². The lowest BCUT2D eigenvalue weighted by atomic mass is 9.90. The fraction of sp³-hybridized carbons (Fsp3) is 0.512. The summed E-state index contributed by atoms with van der Waals surface area (Å²) < 4.78 is 0. The molecular formula is C41H61N3O2. The van der Waals surface area contributed by atoms with E-state index in [4.69, 9.17) is 0 Å². The number of carbonyl (C=O) groups excluding carboxylic acids is 2. The monoisotopic (exact) mass is 627 g/mol. The number of amides is 3. The summed E-state index contributed by atoms with van der Waals surface area (Å²) in [7, 11) is 0. The minimum atomic E-state index is -0.195. The highest BCUT2D eigenvalue weighted by molar-refractivity contribution is 5.91. The van der Waals surface area contributed by atoms with Crippen molar-refractivity contribution in [2.45, 2.75) is 136 Å². The number of anilines is 1. The van der Waals surface area contributed by atoms with E-state index in [1.165, 1.54) is 0 Å². The van der Waals surface area contributed by atoms with Crippen molar-refractivity contribution in [2.75, 3.05) is 5.32 Å². The molecule has 2 rings (SSSR count). The number of nitrogens with one attached hydrogen (secondary N) is 3. The summed E-state index contributed by atoms with van der Waals surface area (Å²) in [6.07, 6.45) is 37.1. The van der Waals surface area contributed by atoms with Crippen molar-refractivity contribution in [1.82, 2.24) is 10.6 Å². The molecule has 3 N–H and O–H groups in total. The Morgan fingerprint density at radius 3 is 1.57 bits per heavy atom. The summed E-state index contributed by atoms with van der Waals surface area (Å²) in [5.41, 5.74) is 3.20. The van der Waals surface area contributed by atoms with Crippen LogP contribution >= 0.6 is 0 Å². The first-order valence-electron chi connectivity index (χ1n) is 17.7. The molecule has 46 heavy (non-hydrogen) atoms. The van der Waals surface area contributed by atoms with Crippen LogP contribution < -0.4 is 16.0 Å². The molecule has 1 aromatic rings. The van der Waals surface area contributed by atoms with Gasteiger partial charge in [-0.25, -0.2) is 4.79 Å². The maximum Gasteiger partial charge on any atom is 0.319 e. The zero-order valence-corrected chi connectivity index (χ0v) is 29.3. The molecule has 5 nitrogen and oxygen atoms in total. The summed E-state index contributed by atoms with van der Waals surface area (Å²) in [5.74, 6) is 0.652. The standard InChI is InChI=1S/C41H61N3O2/c1-6-7-8-9-10-11-12-13-14-15-16-17-18-19-20-21-22-23-24-32-39(45)42-37-30-25-26-31-38(37)43-41(46)44-40-35(33(2)3)28-27-29-36(40)34(4)5/h7-8,10-11,13-14,16-17,19-20,22-23,27-29,33-34,37-38H,6,9,12,15,18,21,24-26,30-32H2,1-5H3,(H,42,45)(H2,43,44,46). The number of para-hydroxylation sites is 1. The fourth-order valence-electron chi connectivity index (χ4n) is 5.62. The largest absolute Gasteiger partial charge is 0.351 e. The van der Waals surface area contributed by atoms with Crippen molar-refractivity contribution in [1.29, 1.82) is 0 Å². The summed E-state index contributed by atoms with van der Waals surface area (Å²) >= 11 is 0. The lowest BCUT2D eigenvalue weighted by molar-refractivity contribution is -0.122. The van der Waals surface area contributed by atoms with Crippen LogP contribution in [-0.2, 0) is 4.79 Å². The molecule has 0 heterocycles. The number of carbonyl (C=O) groups is 2. The van der Waals surface area contributed by atoms with Crippen molar-refractivity contribution in [3.05, 3.63) is 102 Å². The Hall–Kier alpha value is -3.60. The Balaban J connectivity index is 1.67. The number of rotatable bonds is 19. The highest BCUT2D eigenvalue weighted by atomic mass is 16.2. The van der Waals surface area contributed by atoms with Crippen molar-refractivity contribution in [3.8, 4) is 0 Å². The molecule has 0 spiro atoms. The topological polar surface area (TPSA) is 70.2 Å². The number of urea groups is 1. The Kier molecular flexibility index (Phi) is 19.9. The van der Waals surface area contributed by atoms with E-state index in [-0.39, 0.29) is 24.0 Å². The van der Waals surface area contributed by atoms with E-state index in [2.05, 4.69) is 142 Å². The fourth-order valence-corrected chi connectivity index (χ4v) is 5.62. The van der Waals surface area contributed by atoms with Crippen LogP contribution in [0, 0.1) is 0 Å². The highest BCUT2D eigenvalue weighted by Crippen LogP contribution is 2.32. The summed E-state index contributed by atoms with van der Waals surface area (Å²) in [6.45, 7) is 10.7. The summed E-state index contributed by atoms with van der Waals surface area (Å²) in [4.78, 5) is 25.9. The van der Waals surface area contributed by atoms with Crippen LogP contribution in [0.4, 0.5) is 10.5 Å². The van der Waals surface area contributed by atoms with Gasteiger partial charge in [0.15, 0.2) is 0 Å². The summed E-state index contributed by atoms with van der Waals surface area (Å²) in [6, 6.07) is 5.94. The number of hydrogen-bond donors (Lipinski definition) is 3. The third kappa shape index (κ3) is 16.1. The quantitative estimate of drug-likeness (QED) is 0.134. The summed E-state index contributed by atoms with van der Waals surface area (Å²) in [5, 5.41) is 9.56. The smallest absolute Gasteiger partial charge is 0.319 e. The van der Waals surface area contributed by atoms with Gasteiger partial charge < -0.3 is 16.0 Å². The maximum absolute atomic E-state index is 13.2. The molecule has 1 aromatic carbocycles. The van der Waals surface area contributed by atoms with Gasteiger partial charge in [0, 0.05) is 18.2 Å². The van der Waals surface area contributed by atoms with E-state index in [0.29, 0.717) is 24.7 Å². The normalized spacial score (nSPS) is 17.6. The van der Waals surface area contributed by atoms with Gasteiger partial charge in [-0.3, -0.25) is 4.79 Å². The molecule has 0 radical (unpaired) electrons.